The van der Waals surface area contributed by atoms with Gasteiger partial charge in [-0.25, -0.2) is 0 Å². The van der Waals surface area contributed by atoms with Crippen LogP contribution in [0.15, 0.2) is 36.7 Å². The average molecular weight is 318 g/mol. The third-order valence-electron chi connectivity index (χ3n) is 3.64. The topological polar surface area (TPSA) is 110 Å². The van der Waals surface area contributed by atoms with E-state index in [1.54, 1.807) is 19.9 Å². The van der Waals surface area contributed by atoms with Crippen LogP contribution in [0.3, 0.4) is 0 Å². The molecule has 0 fully saturated rings. The Kier molecular flexibility index (Phi) is 4.75. The predicted molar refractivity (Wildman–Crippen MR) is 82.4 cm³/mol. The third-order valence-corrected chi connectivity index (χ3v) is 3.64. The monoisotopic (exact) mass is 318 g/mol. The van der Waals surface area contributed by atoms with Crippen molar-refractivity contribution in [3.8, 4) is 0 Å². The molecule has 23 heavy (non-hydrogen) atoms. The van der Waals surface area contributed by atoms with E-state index >= 15 is 0 Å². The molecule has 0 radical (unpaired) electrons. The number of amides is 1. The molecule has 0 saturated heterocycles. The number of benzene rings is 1. The maximum absolute atomic E-state index is 12.4. The fraction of sp³-hybridized carbons (Fsp3) is 0.333. The largest absolute Gasteiger partial charge is 0.392 e. The first-order valence-electron chi connectivity index (χ1n) is 7.01. The lowest BCUT2D eigenvalue weighted by atomic mass is 10.0. The van der Waals surface area contributed by atoms with Crippen molar-refractivity contribution in [3.05, 3.63) is 57.9 Å². The highest BCUT2D eigenvalue weighted by molar-refractivity contribution is 5.83. The second-order valence-electron chi connectivity index (χ2n) is 5.57. The average Bonchev–Trinajstić information content (AvgIpc) is 3.03. The first kappa shape index (κ1) is 16.6. The lowest BCUT2D eigenvalue weighted by Crippen LogP contribution is -2.44. The molecule has 0 aliphatic heterocycles. The van der Waals surface area contributed by atoms with Gasteiger partial charge in [0, 0.05) is 6.54 Å². The van der Waals surface area contributed by atoms with E-state index in [9.17, 15) is 20.0 Å². The van der Waals surface area contributed by atoms with Crippen LogP contribution < -0.4 is 5.32 Å². The number of aliphatic hydroxyl groups excluding tert-OH is 1. The lowest BCUT2D eigenvalue weighted by Gasteiger charge is -2.24. The molecule has 0 atom stereocenters. The van der Waals surface area contributed by atoms with Gasteiger partial charge in [-0.3, -0.25) is 19.6 Å². The quantitative estimate of drug-likeness (QED) is 0.617. The highest BCUT2D eigenvalue weighted by Gasteiger charge is 2.31. The van der Waals surface area contributed by atoms with Crippen LogP contribution >= 0.6 is 0 Å². The van der Waals surface area contributed by atoms with Crippen molar-refractivity contribution in [3.63, 3.8) is 0 Å². The van der Waals surface area contributed by atoms with Crippen LogP contribution in [0.5, 0.6) is 0 Å². The molecule has 0 spiro atoms. The maximum Gasteiger partial charge on any atom is 0.307 e. The number of carbonyl (C=O) groups excluding carboxylic acids is 1. The molecule has 0 aliphatic carbocycles. The van der Waals surface area contributed by atoms with Gasteiger partial charge in [-0.2, -0.15) is 5.10 Å². The van der Waals surface area contributed by atoms with Crippen LogP contribution in [0.4, 0.5) is 5.69 Å². The zero-order valence-electron chi connectivity index (χ0n) is 12.9. The van der Waals surface area contributed by atoms with Gasteiger partial charge in [-0.1, -0.05) is 24.3 Å². The maximum atomic E-state index is 12.4. The zero-order valence-corrected chi connectivity index (χ0v) is 12.9. The molecule has 122 valence electrons. The Hall–Kier alpha value is -2.74. The minimum atomic E-state index is -1.08. The van der Waals surface area contributed by atoms with E-state index in [-0.39, 0.29) is 24.7 Å². The van der Waals surface area contributed by atoms with Crippen LogP contribution in [-0.4, -0.2) is 25.7 Å². The summed E-state index contributed by atoms with van der Waals surface area (Å²) >= 11 is 0. The summed E-state index contributed by atoms with van der Waals surface area (Å²) in [6, 6.07) is 7.23. The Balaban J connectivity index is 2.10. The summed E-state index contributed by atoms with van der Waals surface area (Å²) in [4.78, 5) is 22.6. The first-order valence-corrected chi connectivity index (χ1v) is 7.01. The van der Waals surface area contributed by atoms with Gasteiger partial charge in [-0.05, 0) is 25.0 Å². The highest BCUT2D eigenvalue weighted by atomic mass is 16.6. The second kappa shape index (κ2) is 6.57. The van der Waals surface area contributed by atoms with Gasteiger partial charge < -0.3 is 10.4 Å². The number of rotatable bonds is 6. The summed E-state index contributed by atoms with van der Waals surface area (Å²) in [7, 11) is 0. The van der Waals surface area contributed by atoms with Crippen molar-refractivity contribution in [2.45, 2.75) is 32.5 Å². The SMILES string of the molecule is CC(C)(C(=O)NCc1ccccc1CO)n1cc([N+](=O)[O-])cn1. The molecular weight excluding hydrogens is 300 g/mol. The Bertz CT molecular complexity index is 724. The molecule has 0 saturated carbocycles. The molecule has 0 bridgehead atoms. The summed E-state index contributed by atoms with van der Waals surface area (Å²) in [6.07, 6.45) is 2.33. The van der Waals surface area contributed by atoms with Crippen LogP contribution in [0.1, 0.15) is 25.0 Å². The van der Waals surface area contributed by atoms with E-state index < -0.39 is 10.5 Å². The number of nitrogens with one attached hydrogen (secondary N) is 1. The van der Waals surface area contributed by atoms with E-state index in [2.05, 4.69) is 10.4 Å². The molecule has 1 aromatic heterocycles. The number of nitro groups is 1. The number of nitrogens with zero attached hydrogens (tertiary/aromatic N) is 3. The van der Waals surface area contributed by atoms with Crippen LogP contribution in [0, 0.1) is 10.1 Å². The van der Waals surface area contributed by atoms with Crippen LogP contribution in [0.25, 0.3) is 0 Å². The molecule has 0 unspecified atom stereocenters. The number of aromatic nitrogens is 2. The molecule has 8 heteroatoms. The Morgan fingerprint density at radius 1 is 1.39 bits per heavy atom. The molecule has 2 N–H and O–H groups in total. The van der Waals surface area contributed by atoms with E-state index in [1.807, 2.05) is 18.2 Å². The smallest absolute Gasteiger partial charge is 0.307 e. The van der Waals surface area contributed by atoms with Crippen molar-refractivity contribution in [1.29, 1.82) is 0 Å². The highest BCUT2D eigenvalue weighted by Crippen LogP contribution is 2.19. The van der Waals surface area contributed by atoms with Crippen molar-refractivity contribution in [2.75, 3.05) is 0 Å². The molecule has 0 aliphatic rings. The van der Waals surface area contributed by atoms with Gasteiger partial charge in [0.15, 0.2) is 0 Å². The lowest BCUT2D eigenvalue weighted by molar-refractivity contribution is -0.385. The van der Waals surface area contributed by atoms with Crippen molar-refractivity contribution < 1.29 is 14.8 Å². The van der Waals surface area contributed by atoms with Crippen LogP contribution in [0.2, 0.25) is 0 Å². The molecular formula is C15H18N4O4. The summed E-state index contributed by atoms with van der Waals surface area (Å²) in [6.45, 7) is 3.39. The number of aliphatic hydroxyl groups is 1. The standard InChI is InChI=1S/C15H18N4O4/c1-15(2,18-9-13(8-17-18)19(22)23)14(21)16-7-11-5-3-4-6-12(11)10-20/h3-6,8-9,20H,7,10H2,1-2H3,(H,16,21). The second-order valence-corrected chi connectivity index (χ2v) is 5.57. The summed E-state index contributed by atoms with van der Waals surface area (Å²) in [5.41, 5.74) is 0.296. The fourth-order valence-corrected chi connectivity index (χ4v) is 2.09. The zero-order chi connectivity index (χ0) is 17.0. The van der Waals surface area contributed by atoms with Crippen molar-refractivity contribution in [2.24, 2.45) is 0 Å². The molecule has 1 aromatic carbocycles. The third kappa shape index (κ3) is 3.54. The van der Waals surface area contributed by atoms with Gasteiger partial charge in [0.1, 0.15) is 17.9 Å². The fourth-order valence-electron chi connectivity index (χ4n) is 2.09. The van der Waals surface area contributed by atoms with E-state index in [1.165, 1.54) is 10.9 Å². The predicted octanol–water partition coefficient (Wildman–Crippen LogP) is 1.34. The Labute approximate surface area is 132 Å². The normalized spacial score (nSPS) is 11.3. The minimum Gasteiger partial charge on any atom is -0.392 e. The van der Waals surface area contributed by atoms with Gasteiger partial charge in [0.25, 0.3) is 0 Å². The Morgan fingerprint density at radius 2 is 2.04 bits per heavy atom. The van der Waals surface area contributed by atoms with Gasteiger partial charge >= 0.3 is 5.69 Å². The summed E-state index contributed by atoms with van der Waals surface area (Å²) < 4.78 is 1.26. The number of hydrogen-bond acceptors (Lipinski definition) is 5. The number of carbonyl (C=O) groups is 1. The molecule has 2 aromatic rings. The summed E-state index contributed by atoms with van der Waals surface area (Å²) in [5, 5.41) is 26.7. The molecule has 2 rings (SSSR count). The first-order chi connectivity index (χ1) is 10.9. The van der Waals surface area contributed by atoms with E-state index in [4.69, 9.17) is 0 Å². The summed E-state index contributed by atoms with van der Waals surface area (Å²) in [5.74, 6) is -0.330. The Morgan fingerprint density at radius 3 is 2.61 bits per heavy atom. The van der Waals surface area contributed by atoms with Crippen molar-refractivity contribution in [1.82, 2.24) is 15.1 Å². The van der Waals surface area contributed by atoms with Crippen LogP contribution in [-0.2, 0) is 23.5 Å². The van der Waals surface area contributed by atoms with E-state index in [0.717, 1.165) is 17.3 Å². The number of hydrogen-bond donors (Lipinski definition) is 2. The molecule has 8 nitrogen and oxygen atoms in total. The van der Waals surface area contributed by atoms with Gasteiger partial charge in [0.05, 0.1) is 11.5 Å². The minimum absolute atomic E-state index is 0.110. The van der Waals surface area contributed by atoms with Crippen molar-refractivity contribution >= 4 is 11.6 Å². The van der Waals surface area contributed by atoms with E-state index in [0.29, 0.717) is 0 Å². The molecule has 1 amide bonds. The van der Waals surface area contributed by atoms with Gasteiger partial charge in [0.2, 0.25) is 5.91 Å². The van der Waals surface area contributed by atoms with Gasteiger partial charge in [-0.15, -0.1) is 0 Å². The molecule has 1 heterocycles.